The fraction of sp³-hybridized carbons (Fsp3) is 0. The van der Waals surface area contributed by atoms with Gasteiger partial charge >= 0.3 is 31.1 Å². The largest absolute Gasteiger partial charge is 2.00 e. The van der Waals surface area contributed by atoms with Gasteiger partial charge in [0.25, 0.3) is 0 Å². The van der Waals surface area contributed by atoms with Gasteiger partial charge in [0, 0.05) is 0 Å². The van der Waals surface area contributed by atoms with E-state index in [0.29, 0.717) is 0 Å². The molecule has 0 bridgehead atoms. The topological polar surface area (TPSA) is 0 Å². The SMILES string of the molecule is [C-]#C.[C-]#C.[U+2]. The Labute approximate surface area is 56.7 Å². The molecule has 0 spiro atoms. The predicted octanol–water partition coefficient (Wildman–Crippen LogP) is 0.412. The summed E-state index contributed by atoms with van der Waals surface area (Å²) in [6.45, 7) is 0. The van der Waals surface area contributed by atoms with Gasteiger partial charge in [-0.1, -0.05) is 0 Å². The van der Waals surface area contributed by atoms with Crippen LogP contribution in [0.2, 0.25) is 0 Å². The normalized spacial score (nSPS) is 0.800. The fourth-order valence-corrected chi connectivity index (χ4v) is 0. The predicted molar refractivity (Wildman–Crippen MR) is 16.4 cm³/mol. The second kappa shape index (κ2) is 1420. The smallest absolute Gasteiger partial charge is 0.697 e. The Hall–Kier alpha value is 0.172. The Kier molecular flexibility index (Phi) is 5420. The maximum atomic E-state index is 5.25. The Morgan fingerprint density at radius 1 is 0.800 bits per heavy atom. The minimum atomic E-state index is 0. The third kappa shape index (κ3) is 666. The average molecular weight is 288 g/mol. The molecular formula is C4H2U. The second-order valence-corrected chi connectivity index (χ2v) is 0. The molecule has 0 aliphatic heterocycles. The molecule has 5 heavy (non-hydrogen) atoms. The van der Waals surface area contributed by atoms with Crippen LogP contribution >= 0.6 is 0 Å². The molecule has 0 saturated carbocycles. The van der Waals surface area contributed by atoms with Gasteiger partial charge in [-0.2, -0.15) is 0 Å². The monoisotopic (exact) mass is 288 g/mol. The number of hydrogen-bond donors (Lipinski definition) is 0. The molecule has 0 aliphatic carbocycles. The first kappa shape index (κ1) is 19.1. The summed E-state index contributed by atoms with van der Waals surface area (Å²) in [7, 11) is 0. The van der Waals surface area contributed by atoms with Crippen molar-refractivity contribution in [2.24, 2.45) is 0 Å². The van der Waals surface area contributed by atoms with Crippen LogP contribution in [-0.2, 0) is 0 Å². The van der Waals surface area contributed by atoms with Crippen LogP contribution in [0.4, 0.5) is 0 Å². The molecule has 1 heteroatoms. The van der Waals surface area contributed by atoms with E-state index in [9.17, 15) is 0 Å². The molecule has 0 rings (SSSR count). The van der Waals surface area contributed by atoms with Crippen molar-refractivity contribution in [3.8, 4) is 12.8 Å². The van der Waals surface area contributed by atoms with Gasteiger partial charge in [0.2, 0.25) is 0 Å². The van der Waals surface area contributed by atoms with E-state index in [1.165, 1.54) is 0 Å². The van der Waals surface area contributed by atoms with Gasteiger partial charge in [0.15, 0.2) is 0 Å². The van der Waals surface area contributed by atoms with Crippen molar-refractivity contribution in [1.82, 2.24) is 0 Å². The van der Waals surface area contributed by atoms with Crippen LogP contribution in [-0.4, -0.2) is 0 Å². The number of rotatable bonds is 0. The summed E-state index contributed by atoms with van der Waals surface area (Å²) in [5.41, 5.74) is 0. The van der Waals surface area contributed by atoms with E-state index in [-0.39, 0.29) is 31.1 Å². The minimum Gasteiger partial charge on any atom is -0.697 e. The summed E-state index contributed by atoms with van der Waals surface area (Å²) < 4.78 is 0. The standard InChI is InChI=1S/2C2H.U/c2*1-2;/h2*1H;/q2*-1;+2. The van der Waals surface area contributed by atoms with Gasteiger partial charge in [-0.25, -0.2) is 0 Å². The second-order valence-electron chi connectivity index (χ2n) is 0. The van der Waals surface area contributed by atoms with Crippen LogP contribution in [0.1, 0.15) is 0 Å². The van der Waals surface area contributed by atoms with Crippen molar-refractivity contribution in [2.45, 2.75) is 0 Å². The summed E-state index contributed by atoms with van der Waals surface area (Å²) >= 11 is 0. The summed E-state index contributed by atoms with van der Waals surface area (Å²) in [5.74, 6) is 0. The van der Waals surface area contributed by atoms with Gasteiger partial charge < -0.3 is 25.7 Å². The Bertz CT molecular complexity index is 19.1. The van der Waals surface area contributed by atoms with Gasteiger partial charge in [-0.3, -0.25) is 0 Å². The maximum Gasteiger partial charge on any atom is 2.00 e. The molecule has 0 fully saturated rings. The van der Waals surface area contributed by atoms with Crippen molar-refractivity contribution < 1.29 is 31.1 Å². The van der Waals surface area contributed by atoms with Crippen LogP contribution in [0.15, 0.2) is 0 Å². The van der Waals surface area contributed by atoms with E-state index in [1.807, 2.05) is 0 Å². The molecule has 0 aromatic heterocycles. The van der Waals surface area contributed by atoms with Gasteiger partial charge in [-0.15, -0.1) is 0 Å². The van der Waals surface area contributed by atoms with Gasteiger partial charge in [0.1, 0.15) is 0 Å². The van der Waals surface area contributed by atoms with Crippen molar-refractivity contribution in [3.05, 3.63) is 12.8 Å². The summed E-state index contributed by atoms with van der Waals surface area (Å²) in [6, 6.07) is 0. The zero-order valence-electron chi connectivity index (χ0n) is 2.65. The molecule has 0 N–H and O–H groups in total. The molecule has 0 aromatic rings. The minimum absolute atomic E-state index is 0. The van der Waals surface area contributed by atoms with Gasteiger partial charge in [-0.05, 0) is 0 Å². The molecule has 0 aromatic carbocycles. The number of terminal acetylenes is 2. The van der Waals surface area contributed by atoms with E-state index in [2.05, 4.69) is 12.8 Å². The third-order valence-electron chi connectivity index (χ3n) is 0. The van der Waals surface area contributed by atoms with Crippen molar-refractivity contribution in [2.75, 3.05) is 0 Å². The zero-order chi connectivity index (χ0) is 4.00. The first-order valence-electron chi connectivity index (χ1n) is 0.577. The van der Waals surface area contributed by atoms with Crippen LogP contribution in [0.5, 0.6) is 0 Å². The molecule has 0 unspecified atom stereocenters. The quantitative estimate of drug-likeness (QED) is 0.447. The molecule has 22 valence electrons. The Morgan fingerprint density at radius 3 is 0.800 bits per heavy atom. The molecule has 0 heterocycles. The van der Waals surface area contributed by atoms with Crippen LogP contribution < -0.4 is 0 Å². The molecule has 0 amide bonds. The Morgan fingerprint density at radius 2 is 0.800 bits per heavy atom. The van der Waals surface area contributed by atoms with Crippen LogP contribution in [0.3, 0.4) is 0 Å². The molecule has 0 nitrogen and oxygen atoms in total. The van der Waals surface area contributed by atoms with Crippen LogP contribution in [0.25, 0.3) is 0 Å². The number of hydrogen-bond acceptors (Lipinski definition) is 0. The first-order valence-corrected chi connectivity index (χ1v) is 0.577. The van der Waals surface area contributed by atoms with E-state index in [4.69, 9.17) is 12.8 Å². The molecule has 0 radical (unpaired) electrons. The van der Waals surface area contributed by atoms with E-state index in [0.717, 1.165) is 0 Å². The summed E-state index contributed by atoms with van der Waals surface area (Å²) in [5, 5.41) is 0. The molecule has 0 aliphatic rings. The Balaban J connectivity index is -0.0000000133. The first-order chi connectivity index (χ1) is 2.00. The van der Waals surface area contributed by atoms with Gasteiger partial charge in [0.05, 0.1) is 0 Å². The summed E-state index contributed by atoms with van der Waals surface area (Å²) in [4.78, 5) is 0. The fourth-order valence-electron chi connectivity index (χ4n) is 0. The van der Waals surface area contributed by atoms with E-state index < -0.39 is 0 Å². The molecule has 0 saturated heterocycles. The zero-order valence-corrected chi connectivity index (χ0v) is 6.82. The van der Waals surface area contributed by atoms with Crippen molar-refractivity contribution in [3.63, 3.8) is 0 Å². The molecular weight excluding hydrogens is 286 g/mol. The third-order valence-corrected chi connectivity index (χ3v) is 0. The maximum absolute atomic E-state index is 5.25. The van der Waals surface area contributed by atoms with E-state index in [1.54, 1.807) is 0 Å². The summed E-state index contributed by atoms with van der Waals surface area (Å²) in [6.07, 6.45) is 18.0. The van der Waals surface area contributed by atoms with E-state index >= 15 is 0 Å². The average Bonchev–Trinajstić information content (AvgIpc) is 1.50. The van der Waals surface area contributed by atoms with Crippen molar-refractivity contribution in [1.29, 1.82) is 0 Å². The van der Waals surface area contributed by atoms with Crippen LogP contribution in [0, 0.1) is 56.8 Å². The molecule has 0 atom stereocenters. The van der Waals surface area contributed by atoms with Crippen molar-refractivity contribution >= 4 is 0 Å².